The van der Waals surface area contributed by atoms with E-state index < -0.39 is 11.6 Å². The van der Waals surface area contributed by atoms with Gasteiger partial charge in [-0.3, -0.25) is 17.8 Å². The molecule has 0 heterocycles. The second kappa shape index (κ2) is 16.4. The molecule has 0 saturated heterocycles. The zero-order valence-corrected chi connectivity index (χ0v) is 14.2. The molecule has 1 rings (SSSR count). The third-order valence-electron chi connectivity index (χ3n) is 1.01. The monoisotopic (exact) mass is 336 g/mol. The molecule has 0 aromatic rings. The molecule has 0 amide bonds. The van der Waals surface area contributed by atoms with Crippen LogP contribution < -0.4 is 0 Å². The van der Waals surface area contributed by atoms with Gasteiger partial charge in [-0.1, -0.05) is 0 Å². The van der Waals surface area contributed by atoms with Crippen LogP contribution in [0.25, 0.3) is 0 Å². The van der Waals surface area contributed by atoms with Crippen LogP contribution in [0.3, 0.4) is 0 Å². The van der Waals surface area contributed by atoms with Gasteiger partial charge in [0.1, 0.15) is 5.60 Å². The van der Waals surface area contributed by atoms with Crippen LogP contribution >= 0.6 is 37.2 Å². The summed E-state index contributed by atoms with van der Waals surface area (Å²) in [5.41, 5.74) is -0.390. The van der Waals surface area contributed by atoms with E-state index in [1.807, 2.05) is 12.2 Å². The maximum absolute atomic E-state index is 10.1. The summed E-state index contributed by atoms with van der Waals surface area (Å²) in [4.78, 5) is 10.1. The van der Waals surface area contributed by atoms with Gasteiger partial charge >= 0.3 is 21.7 Å². The molecule has 0 aromatic heterocycles. The minimum Gasteiger partial charge on any atom is -0.483 e. The number of halogens is 3. The molecule has 0 saturated carbocycles. The Hall–Kier alpha value is 0.404. The largest absolute Gasteiger partial charge is 2.00 e. The minimum absolute atomic E-state index is 0. The molecule has 0 aromatic carbocycles. The molecule has 0 fully saturated rings. The van der Waals surface area contributed by atoms with Gasteiger partial charge in [0.15, 0.2) is 5.97 Å². The van der Waals surface area contributed by atoms with Crippen LogP contribution in [-0.2, 0) is 31.2 Å². The van der Waals surface area contributed by atoms with E-state index in [2.05, 4.69) is 23.8 Å². The van der Waals surface area contributed by atoms with Crippen molar-refractivity contribution < 1.29 is 31.2 Å². The number of ether oxygens (including phenoxy) is 1. The SMILES string of the molecule is Cl.Cl.Cl.[C-]1=CC=CC1.[CH2-]C(=O)OC(C)(C)C.[Ti+2]. The molecule has 2 nitrogen and oxygen atoms in total. The predicted molar refractivity (Wildman–Crippen MR) is 74.5 cm³/mol. The van der Waals surface area contributed by atoms with Gasteiger partial charge in [0.2, 0.25) is 0 Å². The molecule has 1 aliphatic carbocycles. The van der Waals surface area contributed by atoms with E-state index in [1.54, 1.807) is 20.8 Å². The van der Waals surface area contributed by atoms with E-state index in [4.69, 9.17) is 0 Å². The van der Waals surface area contributed by atoms with Crippen molar-refractivity contribution in [2.45, 2.75) is 32.8 Å². The van der Waals surface area contributed by atoms with Crippen LogP contribution in [0.1, 0.15) is 27.2 Å². The van der Waals surface area contributed by atoms with Crippen molar-refractivity contribution in [3.05, 3.63) is 31.2 Å². The van der Waals surface area contributed by atoms with E-state index in [0.29, 0.717) is 0 Å². The maximum atomic E-state index is 10.1. The maximum Gasteiger partial charge on any atom is 2.00 e. The Labute approximate surface area is 138 Å². The van der Waals surface area contributed by atoms with Crippen LogP contribution in [0, 0.1) is 13.0 Å². The Morgan fingerprint density at radius 1 is 1.29 bits per heavy atom. The Balaban J connectivity index is -0.0000000478. The normalized spacial score (nSPS) is 10.3. The first-order valence-electron chi connectivity index (χ1n) is 4.18. The van der Waals surface area contributed by atoms with Crippen LogP contribution in [0.4, 0.5) is 0 Å². The first-order valence-corrected chi connectivity index (χ1v) is 4.18. The van der Waals surface area contributed by atoms with Crippen molar-refractivity contribution >= 4 is 43.2 Å². The molecule has 6 heteroatoms. The van der Waals surface area contributed by atoms with E-state index in [-0.39, 0.29) is 58.9 Å². The number of esters is 1. The van der Waals surface area contributed by atoms with Gasteiger partial charge in [-0.05, 0) is 20.8 Å². The summed E-state index contributed by atoms with van der Waals surface area (Å²) in [7, 11) is 0. The van der Waals surface area contributed by atoms with Gasteiger partial charge in [-0.2, -0.15) is 6.08 Å². The molecule has 100 valence electrons. The smallest absolute Gasteiger partial charge is 0.483 e. The fourth-order valence-corrected chi connectivity index (χ4v) is 0.682. The quantitative estimate of drug-likeness (QED) is 0.382. The first-order chi connectivity index (χ1) is 5.92. The summed E-state index contributed by atoms with van der Waals surface area (Å²) < 4.78 is 4.69. The molecule has 17 heavy (non-hydrogen) atoms. The second-order valence-corrected chi connectivity index (χ2v) is 3.59. The molecule has 0 radical (unpaired) electrons. The van der Waals surface area contributed by atoms with Gasteiger partial charge in [-0.15, -0.1) is 43.6 Å². The van der Waals surface area contributed by atoms with Gasteiger partial charge in [0, 0.05) is 0 Å². The standard InChI is InChI=1S/C6H11O2.C5H5.3ClH.Ti/c1-5(7)8-6(2,3)4;1-2-4-5-3-1;;;;/h1H2,2-4H3;1-3H,4H2;3*1H;/q2*-1;;;;+2. The summed E-state index contributed by atoms with van der Waals surface area (Å²) in [5, 5.41) is 0. The van der Waals surface area contributed by atoms with Crippen molar-refractivity contribution in [2.75, 3.05) is 0 Å². The van der Waals surface area contributed by atoms with Gasteiger partial charge in [-0.25, -0.2) is 12.2 Å². The molecule has 0 N–H and O–H groups in total. The minimum atomic E-state index is -0.475. The zero-order chi connectivity index (χ0) is 10.3. The van der Waals surface area contributed by atoms with Gasteiger partial charge in [0.25, 0.3) is 0 Å². The molecule has 1 aliphatic rings. The zero-order valence-electron chi connectivity index (χ0n) is 10.2. The summed E-state index contributed by atoms with van der Waals surface area (Å²) in [6, 6.07) is 0. The topological polar surface area (TPSA) is 26.3 Å². The molecular formula is C11H19Cl3O2Ti. The number of carbonyl (C=O) groups excluding carboxylic acids is 1. The number of carbonyl (C=O) groups is 1. The Morgan fingerprint density at radius 2 is 1.76 bits per heavy atom. The number of rotatable bonds is 0. The summed E-state index contributed by atoms with van der Waals surface area (Å²) in [5.74, 6) is -0.475. The van der Waals surface area contributed by atoms with E-state index in [9.17, 15) is 4.79 Å². The summed E-state index contributed by atoms with van der Waals surface area (Å²) >= 11 is 0. The number of hydrogen-bond acceptors (Lipinski definition) is 2. The third kappa shape index (κ3) is 31.4. The molecule has 0 unspecified atom stereocenters. The first kappa shape index (κ1) is 30.4. The Kier molecular flexibility index (Phi) is 29.4. The van der Waals surface area contributed by atoms with Crippen molar-refractivity contribution in [3.63, 3.8) is 0 Å². The fraction of sp³-hybridized carbons (Fsp3) is 0.455. The van der Waals surface area contributed by atoms with Crippen LogP contribution in [0.2, 0.25) is 0 Å². The fourth-order valence-electron chi connectivity index (χ4n) is 0.682. The predicted octanol–water partition coefficient (Wildman–Crippen LogP) is 3.73. The van der Waals surface area contributed by atoms with E-state index in [1.165, 1.54) is 0 Å². The Bertz CT molecular complexity index is 213. The van der Waals surface area contributed by atoms with Crippen LogP contribution in [0.15, 0.2) is 18.2 Å². The molecular weight excluding hydrogens is 318 g/mol. The van der Waals surface area contributed by atoms with Crippen molar-refractivity contribution in [2.24, 2.45) is 0 Å². The van der Waals surface area contributed by atoms with Crippen molar-refractivity contribution in [1.29, 1.82) is 0 Å². The Morgan fingerprint density at radius 3 is 1.82 bits per heavy atom. The summed E-state index contributed by atoms with van der Waals surface area (Å²) in [6.45, 7) is 8.47. The molecule has 0 bridgehead atoms. The van der Waals surface area contributed by atoms with Crippen LogP contribution in [-0.4, -0.2) is 11.6 Å². The van der Waals surface area contributed by atoms with E-state index in [0.717, 1.165) is 6.42 Å². The van der Waals surface area contributed by atoms with Gasteiger partial charge < -0.3 is 4.74 Å². The molecule has 0 spiro atoms. The van der Waals surface area contributed by atoms with Crippen molar-refractivity contribution in [3.8, 4) is 0 Å². The number of hydrogen-bond donors (Lipinski definition) is 0. The number of allylic oxidation sites excluding steroid dienone is 4. The average Bonchev–Trinajstić information content (AvgIpc) is 2.33. The molecule has 0 aliphatic heterocycles. The second-order valence-electron chi connectivity index (χ2n) is 3.59. The average molecular weight is 337 g/mol. The van der Waals surface area contributed by atoms with Gasteiger partial charge in [0.05, 0.1) is 0 Å². The van der Waals surface area contributed by atoms with Crippen molar-refractivity contribution in [1.82, 2.24) is 0 Å². The third-order valence-corrected chi connectivity index (χ3v) is 1.01. The summed E-state index contributed by atoms with van der Waals surface area (Å²) in [6.07, 6.45) is 10.0. The van der Waals surface area contributed by atoms with Crippen LogP contribution in [0.5, 0.6) is 0 Å². The molecule has 0 atom stereocenters. The van der Waals surface area contributed by atoms with E-state index >= 15 is 0 Å².